The SMILES string of the molecule is O=C(O[C@H](C(=O)c1ccccc1)c1ccccc1)c1ccc([N+](=O)[O-])s1. The molecule has 0 fully saturated rings. The van der Waals surface area contributed by atoms with Crippen molar-refractivity contribution >= 4 is 28.1 Å². The van der Waals surface area contributed by atoms with Gasteiger partial charge in [-0.1, -0.05) is 72.0 Å². The summed E-state index contributed by atoms with van der Waals surface area (Å²) >= 11 is 0.709. The van der Waals surface area contributed by atoms with Crippen molar-refractivity contribution in [3.05, 3.63) is 98.9 Å². The Morgan fingerprint density at radius 3 is 2.12 bits per heavy atom. The van der Waals surface area contributed by atoms with Gasteiger partial charge >= 0.3 is 11.0 Å². The molecule has 3 aromatic rings. The smallest absolute Gasteiger partial charge is 0.349 e. The number of hydrogen-bond acceptors (Lipinski definition) is 6. The van der Waals surface area contributed by atoms with Crippen LogP contribution in [0.4, 0.5) is 5.00 Å². The van der Waals surface area contributed by atoms with Crippen molar-refractivity contribution in [3.63, 3.8) is 0 Å². The summed E-state index contributed by atoms with van der Waals surface area (Å²) in [7, 11) is 0. The summed E-state index contributed by atoms with van der Waals surface area (Å²) in [5.74, 6) is -1.14. The summed E-state index contributed by atoms with van der Waals surface area (Å²) in [4.78, 5) is 35.5. The maximum atomic E-state index is 12.8. The summed E-state index contributed by atoms with van der Waals surface area (Å²) in [6.45, 7) is 0. The maximum absolute atomic E-state index is 12.8. The molecule has 0 radical (unpaired) electrons. The molecule has 0 aliphatic carbocycles. The van der Waals surface area contributed by atoms with Crippen LogP contribution < -0.4 is 0 Å². The van der Waals surface area contributed by atoms with Crippen LogP contribution in [0.15, 0.2) is 72.8 Å². The number of benzene rings is 2. The summed E-state index contributed by atoms with van der Waals surface area (Å²) < 4.78 is 5.43. The van der Waals surface area contributed by atoms with E-state index in [1.54, 1.807) is 60.7 Å². The molecule has 0 amide bonds. The lowest BCUT2D eigenvalue weighted by Crippen LogP contribution is -2.19. The molecule has 2 aromatic carbocycles. The lowest BCUT2D eigenvalue weighted by Gasteiger charge is -2.17. The van der Waals surface area contributed by atoms with Gasteiger partial charge in [0.1, 0.15) is 4.88 Å². The minimum absolute atomic E-state index is 0.0680. The zero-order valence-electron chi connectivity index (χ0n) is 13.4. The molecule has 0 bridgehead atoms. The fourth-order valence-electron chi connectivity index (χ4n) is 2.36. The third-order valence-electron chi connectivity index (χ3n) is 3.60. The van der Waals surface area contributed by atoms with Crippen LogP contribution in [-0.2, 0) is 4.74 Å². The number of hydrogen-bond donors (Lipinski definition) is 0. The van der Waals surface area contributed by atoms with Crippen LogP contribution in [0, 0.1) is 10.1 Å². The maximum Gasteiger partial charge on any atom is 0.349 e. The number of rotatable bonds is 6. The second-order valence-electron chi connectivity index (χ2n) is 5.32. The van der Waals surface area contributed by atoms with E-state index < -0.39 is 17.0 Å². The minimum atomic E-state index is -1.13. The molecule has 1 atom stereocenters. The molecule has 0 aliphatic heterocycles. The molecule has 130 valence electrons. The second kappa shape index (κ2) is 7.71. The molecular formula is C19H13NO5S. The summed E-state index contributed by atoms with van der Waals surface area (Å²) in [5, 5.41) is 10.6. The topological polar surface area (TPSA) is 86.5 Å². The molecule has 0 aliphatic rings. The van der Waals surface area contributed by atoms with E-state index in [1.165, 1.54) is 12.1 Å². The number of carbonyl (C=O) groups excluding carboxylic acids is 2. The Morgan fingerprint density at radius 2 is 1.54 bits per heavy atom. The average Bonchev–Trinajstić information content (AvgIpc) is 3.17. The van der Waals surface area contributed by atoms with Crippen LogP contribution in [0.25, 0.3) is 0 Å². The second-order valence-corrected chi connectivity index (χ2v) is 6.38. The van der Waals surface area contributed by atoms with Gasteiger partial charge in [0.2, 0.25) is 5.78 Å². The van der Waals surface area contributed by atoms with Gasteiger partial charge in [0, 0.05) is 17.2 Å². The third-order valence-corrected chi connectivity index (χ3v) is 4.61. The van der Waals surface area contributed by atoms with Gasteiger partial charge in [-0.3, -0.25) is 14.9 Å². The summed E-state index contributed by atoms with van der Waals surface area (Å²) in [5.41, 5.74) is 0.937. The van der Waals surface area contributed by atoms with E-state index in [1.807, 2.05) is 0 Å². The van der Waals surface area contributed by atoms with E-state index in [4.69, 9.17) is 4.74 Å². The van der Waals surface area contributed by atoms with Gasteiger partial charge in [-0.2, -0.15) is 0 Å². The zero-order valence-corrected chi connectivity index (χ0v) is 14.2. The standard InChI is InChI=1S/C19H13NO5S/c21-17(13-7-3-1-4-8-13)18(14-9-5-2-6-10-14)25-19(22)15-11-12-16(26-15)20(23)24/h1-12,18H/t18-/m0/s1. The molecule has 0 N–H and O–H groups in total. The van der Waals surface area contributed by atoms with Crippen molar-refractivity contribution < 1.29 is 19.2 Å². The highest BCUT2D eigenvalue weighted by Crippen LogP contribution is 2.28. The van der Waals surface area contributed by atoms with Gasteiger partial charge in [-0.05, 0) is 6.07 Å². The van der Waals surface area contributed by atoms with E-state index in [0.29, 0.717) is 22.5 Å². The predicted molar refractivity (Wildman–Crippen MR) is 96.3 cm³/mol. The third kappa shape index (κ3) is 3.84. The Kier molecular flexibility index (Phi) is 5.19. The van der Waals surface area contributed by atoms with E-state index in [-0.39, 0.29) is 15.7 Å². The number of nitro groups is 1. The molecule has 0 saturated heterocycles. The predicted octanol–water partition coefficient (Wildman–Crippen LogP) is 4.44. The van der Waals surface area contributed by atoms with Crippen LogP contribution >= 0.6 is 11.3 Å². The number of nitrogens with zero attached hydrogens (tertiary/aromatic N) is 1. The molecule has 1 aromatic heterocycles. The van der Waals surface area contributed by atoms with Crippen LogP contribution in [0.3, 0.4) is 0 Å². The van der Waals surface area contributed by atoms with E-state index in [0.717, 1.165) is 0 Å². The van der Waals surface area contributed by atoms with Crippen molar-refractivity contribution in [1.29, 1.82) is 0 Å². The van der Waals surface area contributed by atoms with Gasteiger partial charge < -0.3 is 4.74 Å². The highest BCUT2D eigenvalue weighted by Gasteiger charge is 2.28. The number of ketones is 1. The largest absolute Gasteiger partial charge is 0.445 e. The molecule has 6 nitrogen and oxygen atoms in total. The Bertz CT molecular complexity index is 937. The van der Waals surface area contributed by atoms with Gasteiger partial charge in [-0.25, -0.2) is 4.79 Å². The van der Waals surface area contributed by atoms with Crippen LogP contribution in [0.2, 0.25) is 0 Å². The van der Waals surface area contributed by atoms with Crippen molar-refractivity contribution in [3.8, 4) is 0 Å². The number of thiophene rings is 1. The molecule has 3 rings (SSSR count). The molecule has 0 spiro atoms. The molecule has 7 heteroatoms. The van der Waals surface area contributed by atoms with E-state index >= 15 is 0 Å². The molecule has 1 heterocycles. The molecular weight excluding hydrogens is 354 g/mol. The molecule has 26 heavy (non-hydrogen) atoms. The first-order chi connectivity index (χ1) is 12.6. The van der Waals surface area contributed by atoms with Gasteiger partial charge in [0.05, 0.1) is 4.92 Å². The minimum Gasteiger partial charge on any atom is -0.445 e. The van der Waals surface area contributed by atoms with Crippen molar-refractivity contribution in [2.45, 2.75) is 6.10 Å². The fourth-order valence-corrected chi connectivity index (χ4v) is 3.06. The number of ether oxygens (including phenoxy) is 1. The van der Waals surface area contributed by atoms with Crippen molar-refractivity contribution in [2.24, 2.45) is 0 Å². The lowest BCUT2D eigenvalue weighted by molar-refractivity contribution is -0.380. The summed E-state index contributed by atoms with van der Waals surface area (Å²) in [6.07, 6.45) is -1.13. The number of esters is 1. The van der Waals surface area contributed by atoms with E-state index in [2.05, 4.69) is 0 Å². The average molecular weight is 367 g/mol. The summed E-state index contributed by atoms with van der Waals surface area (Å²) in [6, 6.07) is 19.7. The molecule has 0 saturated carbocycles. The Labute approximate surface area is 152 Å². The van der Waals surface area contributed by atoms with Crippen LogP contribution in [0.1, 0.15) is 31.7 Å². The number of carbonyl (C=O) groups is 2. The first kappa shape index (κ1) is 17.5. The highest BCUT2D eigenvalue weighted by molar-refractivity contribution is 7.17. The van der Waals surface area contributed by atoms with Crippen LogP contribution in [0.5, 0.6) is 0 Å². The van der Waals surface area contributed by atoms with Gasteiger partial charge in [-0.15, -0.1) is 0 Å². The first-order valence-electron chi connectivity index (χ1n) is 7.65. The van der Waals surface area contributed by atoms with Crippen molar-refractivity contribution in [1.82, 2.24) is 0 Å². The van der Waals surface area contributed by atoms with Gasteiger partial charge in [0.25, 0.3) is 0 Å². The van der Waals surface area contributed by atoms with E-state index in [9.17, 15) is 19.7 Å². The normalized spacial score (nSPS) is 11.5. The quantitative estimate of drug-likeness (QED) is 0.278. The highest BCUT2D eigenvalue weighted by atomic mass is 32.1. The molecule has 0 unspecified atom stereocenters. The Hall–Kier alpha value is -3.32. The van der Waals surface area contributed by atoms with Gasteiger partial charge in [0.15, 0.2) is 6.10 Å². The number of Topliss-reactive ketones (excluding diaryl/α,β-unsaturated/α-hetero) is 1. The van der Waals surface area contributed by atoms with Crippen LogP contribution in [-0.4, -0.2) is 16.7 Å². The van der Waals surface area contributed by atoms with Crippen molar-refractivity contribution in [2.75, 3.05) is 0 Å². The zero-order chi connectivity index (χ0) is 18.5. The Balaban J connectivity index is 1.89. The monoisotopic (exact) mass is 367 g/mol. The Morgan fingerprint density at radius 1 is 0.923 bits per heavy atom. The first-order valence-corrected chi connectivity index (χ1v) is 8.47. The fraction of sp³-hybridized carbons (Fsp3) is 0.0526. The lowest BCUT2D eigenvalue weighted by atomic mass is 10.00.